The molecule has 4 rings (SSSR count). The maximum atomic E-state index is 13.1. The lowest BCUT2D eigenvalue weighted by Gasteiger charge is -2.31. The summed E-state index contributed by atoms with van der Waals surface area (Å²) < 4.78 is 1.88. The first-order chi connectivity index (χ1) is 15.6. The molecule has 1 unspecified atom stereocenters. The fourth-order valence-corrected chi connectivity index (χ4v) is 4.53. The Hall–Kier alpha value is -3.66. The van der Waals surface area contributed by atoms with Crippen LogP contribution in [0.5, 0.6) is 0 Å². The largest absolute Gasteiger partial charge is 0.347 e. The average Bonchev–Trinajstić information content (AvgIpc) is 3.16. The molecule has 0 saturated heterocycles. The van der Waals surface area contributed by atoms with Crippen molar-refractivity contribution in [1.82, 2.24) is 20.2 Å². The van der Waals surface area contributed by atoms with Gasteiger partial charge in [0.1, 0.15) is 11.7 Å². The number of pyridine rings is 1. The number of aromatic nitrogens is 2. The number of nitrogens with zero attached hydrogens (tertiary/aromatic N) is 3. The minimum absolute atomic E-state index is 0.178. The number of nitrogens with one attached hydrogen (secondary N) is 2. The van der Waals surface area contributed by atoms with Crippen molar-refractivity contribution in [2.45, 2.75) is 44.2 Å². The lowest BCUT2D eigenvalue weighted by Crippen LogP contribution is -2.50. The van der Waals surface area contributed by atoms with Crippen LogP contribution in [0, 0.1) is 17.2 Å². The minimum Gasteiger partial charge on any atom is -0.347 e. The zero-order chi connectivity index (χ0) is 22.5. The number of rotatable bonds is 6. The molecule has 2 aromatic heterocycles. The normalized spacial score (nSPS) is 19.1. The number of amides is 2. The number of hydrogen-bond donors (Lipinski definition) is 2. The number of benzene rings is 1. The van der Waals surface area contributed by atoms with Crippen molar-refractivity contribution in [3.63, 3.8) is 0 Å². The van der Waals surface area contributed by atoms with E-state index in [2.05, 4.69) is 21.7 Å². The summed E-state index contributed by atoms with van der Waals surface area (Å²) >= 11 is 0. The van der Waals surface area contributed by atoms with Crippen LogP contribution in [0.2, 0.25) is 0 Å². The number of hydrogen-bond acceptors (Lipinski definition) is 4. The van der Waals surface area contributed by atoms with Gasteiger partial charge in [-0.1, -0.05) is 37.1 Å². The van der Waals surface area contributed by atoms with Gasteiger partial charge in [-0.05, 0) is 36.6 Å². The monoisotopic (exact) mass is 429 g/mol. The maximum absolute atomic E-state index is 13.1. The van der Waals surface area contributed by atoms with Gasteiger partial charge in [-0.3, -0.25) is 14.6 Å². The number of carbonyl (C=O) groups excluding carboxylic acids is 2. The van der Waals surface area contributed by atoms with Crippen molar-refractivity contribution in [2.24, 2.45) is 13.0 Å². The molecule has 2 N–H and O–H groups in total. The second kappa shape index (κ2) is 9.65. The average molecular weight is 430 g/mol. The quantitative estimate of drug-likeness (QED) is 0.629. The standard InChI is InChI=1S/C25H27N5O2/c1-30-22-11-5-2-8-18(22)14-23(30)25(32)29-21-10-4-3-9-20(21)24(31)28-19(15-26)13-17-7-6-12-27-16-17/h2,5-8,11-12,14,16,19-21H,3-4,9-10,13H2,1H3,(H,28,31)(H,29,32)/t19?,20-,21+/m1/s1. The first kappa shape index (κ1) is 21.6. The molecule has 1 saturated carbocycles. The Bertz CT molecular complexity index is 1150. The van der Waals surface area contributed by atoms with Crippen molar-refractivity contribution in [1.29, 1.82) is 5.26 Å². The van der Waals surface area contributed by atoms with Gasteiger partial charge in [0, 0.05) is 42.8 Å². The third-order valence-electron chi connectivity index (χ3n) is 6.24. The smallest absolute Gasteiger partial charge is 0.268 e. The van der Waals surface area contributed by atoms with E-state index in [0.29, 0.717) is 18.5 Å². The van der Waals surface area contributed by atoms with Crippen LogP contribution in [-0.2, 0) is 18.3 Å². The van der Waals surface area contributed by atoms with Crippen LogP contribution in [-0.4, -0.2) is 33.4 Å². The van der Waals surface area contributed by atoms with Crippen LogP contribution in [0.1, 0.15) is 41.7 Å². The summed E-state index contributed by atoms with van der Waals surface area (Å²) in [7, 11) is 1.87. The zero-order valence-electron chi connectivity index (χ0n) is 18.1. The van der Waals surface area contributed by atoms with Gasteiger partial charge in [-0.15, -0.1) is 0 Å². The molecule has 0 spiro atoms. The molecule has 1 fully saturated rings. The van der Waals surface area contributed by atoms with Crippen molar-refractivity contribution in [2.75, 3.05) is 0 Å². The molecule has 3 aromatic rings. The van der Waals surface area contributed by atoms with Crippen LogP contribution in [0.3, 0.4) is 0 Å². The van der Waals surface area contributed by atoms with Gasteiger partial charge in [0.25, 0.3) is 5.91 Å². The maximum Gasteiger partial charge on any atom is 0.268 e. The highest BCUT2D eigenvalue weighted by Gasteiger charge is 2.33. The molecule has 1 aromatic carbocycles. The summed E-state index contributed by atoms with van der Waals surface area (Å²) in [6, 6.07) is 14.7. The molecule has 0 bridgehead atoms. The molecular formula is C25H27N5O2. The summed E-state index contributed by atoms with van der Waals surface area (Å²) in [4.78, 5) is 30.2. The van der Waals surface area contributed by atoms with E-state index in [1.54, 1.807) is 12.4 Å². The van der Waals surface area contributed by atoms with E-state index >= 15 is 0 Å². The number of fused-ring (bicyclic) bond motifs is 1. The second-order valence-electron chi connectivity index (χ2n) is 8.37. The molecule has 7 nitrogen and oxygen atoms in total. The van der Waals surface area contributed by atoms with E-state index in [1.165, 1.54) is 0 Å². The van der Waals surface area contributed by atoms with Crippen molar-refractivity contribution >= 4 is 22.7 Å². The van der Waals surface area contributed by atoms with Gasteiger partial charge >= 0.3 is 0 Å². The molecule has 1 aliphatic carbocycles. The number of aryl methyl sites for hydroxylation is 1. The highest BCUT2D eigenvalue weighted by molar-refractivity contribution is 5.99. The fourth-order valence-electron chi connectivity index (χ4n) is 4.53. The van der Waals surface area contributed by atoms with E-state index in [1.807, 2.05) is 54.1 Å². The lowest BCUT2D eigenvalue weighted by molar-refractivity contribution is -0.127. The van der Waals surface area contributed by atoms with Gasteiger partial charge in [-0.2, -0.15) is 5.26 Å². The Morgan fingerprint density at radius 1 is 1.22 bits per heavy atom. The Labute approximate surface area is 187 Å². The molecule has 2 heterocycles. The summed E-state index contributed by atoms with van der Waals surface area (Å²) in [5.41, 5.74) is 2.45. The van der Waals surface area contributed by atoms with Gasteiger partial charge in [0.05, 0.1) is 12.0 Å². The third kappa shape index (κ3) is 4.65. The highest BCUT2D eigenvalue weighted by Crippen LogP contribution is 2.26. The topological polar surface area (TPSA) is 99.8 Å². The Morgan fingerprint density at radius 2 is 2.03 bits per heavy atom. The van der Waals surface area contributed by atoms with Gasteiger partial charge in [0.15, 0.2) is 0 Å². The number of para-hydroxylation sites is 1. The third-order valence-corrected chi connectivity index (χ3v) is 6.24. The van der Waals surface area contributed by atoms with Gasteiger partial charge in [-0.25, -0.2) is 0 Å². The van der Waals surface area contributed by atoms with Crippen LogP contribution >= 0.6 is 0 Å². The highest BCUT2D eigenvalue weighted by atomic mass is 16.2. The fraction of sp³-hybridized carbons (Fsp3) is 0.360. The Kier molecular flexibility index (Phi) is 6.50. The summed E-state index contributed by atoms with van der Waals surface area (Å²) in [5.74, 6) is -0.713. The number of carbonyl (C=O) groups is 2. The molecule has 32 heavy (non-hydrogen) atoms. The molecule has 7 heteroatoms. The van der Waals surface area contributed by atoms with E-state index in [4.69, 9.17) is 0 Å². The molecule has 3 atom stereocenters. The van der Waals surface area contributed by atoms with E-state index < -0.39 is 6.04 Å². The van der Waals surface area contributed by atoms with E-state index in [9.17, 15) is 14.9 Å². The molecule has 0 radical (unpaired) electrons. The minimum atomic E-state index is -0.636. The molecule has 164 valence electrons. The second-order valence-corrected chi connectivity index (χ2v) is 8.37. The van der Waals surface area contributed by atoms with Gasteiger partial charge in [0.2, 0.25) is 5.91 Å². The van der Waals surface area contributed by atoms with Crippen LogP contribution in [0.4, 0.5) is 0 Å². The number of nitriles is 1. The van der Waals surface area contributed by atoms with Gasteiger partial charge < -0.3 is 15.2 Å². The summed E-state index contributed by atoms with van der Waals surface area (Å²) in [6.45, 7) is 0. The predicted molar refractivity (Wildman–Crippen MR) is 122 cm³/mol. The Balaban J connectivity index is 1.44. The summed E-state index contributed by atoms with van der Waals surface area (Å²) in [6.07, 6.45) is 7.10. The first-order valence-electron chi connectivity index (χ1n) is 11.0. The zero-order valence-corrected chi connectivity index (χ0v) is 18.1. The molecule has 2 amide bonds. The SMILES string of the molecule is Cn1c(C(=O)N[C@H]2CCCC[C@H]2C(=O)NC(C#N)Cc2cccnc2)cc2ccccc21. The van der Waals surface area contributed by atoms with Crippen molar-refractivity contribution in [3.8, 4) is 6.07 Å². The predicted octanol–water partition coefficient (Wildman–Crippen LogP) is 3.11. The van der Waals surface area contributed by atoms with Crippen molar-refractivity contribution < 1.29 is 9.59 Å². The van der Waals surface area contributed by atoms with Crippen LogP contribution < -0.4 is 10.6 Å². The molecule has 0 aliphatic heterocycles. The summed E-state index contributed by atoms with van der Waals surface area (Å²) in [5, 5.41) is 16.5. The van der Waals surface area contributed by atoms with E-state index in [-0.39, 0.29) is 23.8 Å². The lowest BCUT2D eigenvalue weighted by atomic mass is 9.83. The molecular weight excluding hydrogens is 402 g/mol. The van der Waals surface area contributed by atoms with Crippen LogP contribution in [0.25, 0.3) is 10.9 Å². The van der Waals surface area contributed by atoms with Crippen LogP contribution in [0.15, 0.2) is 54.9 Å². The molecule has 1 aliphatic rings. The van der Waals surface area contributed by atoms with E-state index in [0.717, 1.165) is 35.7 Å². The van der Waals surface area contributed by atoms with Crippen molar-refractivity contribution in [3.05, 3.63) is 66.1 Å². The first-order valence-corrected chi connectivity index (χ1v) is 11.0. The Morgan fingerprint density at radius 3 is 2.78 bits per heavy atom.